The van der Waals surface area contributed by atoms with Crippen LogP contribution in [0.5, 0.6) is 0 Å². The Kier molecular flexibility index (Phi) is 4.62. The van der Waals surface area contributed by atoms with Crippen LogP contribution in [0.4, 0.5) is 0 Å². The maximum absolute atomic E-state index is 14.0. The van der Waals surface area contributed by atoms with Crippen LogP contribution in [0.15, 0.2) is 0 Å². The highest BCUT2D eigenvalue weighted by atomic mass is 16.7. The van der Waals surface area contributed by atoms with Crippen molar-refractivity contribution in [3.05, 3.63) is 0 Å². The van der Waals surface area contributed by atoms with E-state index in [-0.39, 0.29) is 29.0 Å². The SMILES string of the molecule is CC1CCC2(OC1)OC1CC3C4CC[C@H]5C[C@H](O)CC[C@]5(C)C4CC(=O)[C@]3(C)C1[C@@H]2C. The van der Waals surface area contributed by atoms with Gasteiger partial charge in [0.05, 0.1) is 18.8 Å². The molecule has 0 bridgehead atoms. The maximum Gasteiger partial charge on any atom is 0.171 e. The van der Waals surface area contributed by atoms with Gasteiger partial charge in [-0.3, -0.25) is 4.79 Å². The van der Waals surface area contributed by atoms with E-state index in [1.54, 1.807) is 0 Å². The molecule has 0 amide bonds. The maximum atomic E-state index is 14.0. The number of ether oxygens (including phenoxy) is 2. The van der Waals surface area contributed by atoms with Crippen LogP contribution in [-0.2, 0) is 14.3 Å². The predicted octanol–water partition coefficient (Wildman–Crippen LogP) is 4.97. The van der Waals surface area contributed by atoms with Gasteiger partial charge in [0.2, 0.25) is 0 Å². The molecule has 7 unspecified atom stereocenters. The number of hydrogen-bond acceptors (Lipinski definition) is 4. The predicted molar refractivity (Wildman–Crippen MR) is 118 cm³/mol. The molecule has 4 nitrogen and oxygen atoms in total. The van der Waals surface area contributed by atoms with E-state index >= 15 is 0 Å². The zero-order valence-electron chi connectivity index (χ0n) is 19.9. The standard InChI is InChI=1S/C27H42O4/c1-15-7-10-27(30-14-15)16(2)24-22(31-27)12-21-19-6-5-17-11-18(28)8-9-25(17,3)20(19)13-23(29)26(21,24)4/h15-22,24,28H,5-14H2,1-4H3/t15?,16-,17-,18+,19?,20?,21?,22?,24?,25-,26+,27?/m0/s1. The first kappa shape index (κ1) is 21.1. The number of carbonyl (C=O) groups excluding carboxylic acids is 1. The fraction of sp³-hybridized carbons (Fsp3) is 0.963. The van der Waals surface area contributed by atoms with E-state index in [0.29, 0.717) is 41.3 Å². The van der Waals surface area contributed by atoms with Crippen LogP contribution < -0.4 is 0 Å². The van der Waals surface area contributed by atoms with Crippen molar-refractivity contribution in [2.24, 2.45) is 52.3 Å². The molecule has 6 rings (SSSR count). The van der Waals surface area contributed by atoms with Gasteiger partial charge in [-0.15, -0.1) is 0 Å². The Balaban J connectivity index is 1.30. The van der Waals surface area contributed by atoms with Crippen molar-refractivity contribution in [1.82, 2.24) is 0 Å². The smallest absolute Gasteiger partial charge is 0.171 e. The van der Waals surface area contributed by atoms with Crippen molar-refractivity contribution in [1.29, 1.82) is 0 Å². The Hall–Kier alpha value is -0.450. The summed E-state index contributed by atoms with van der Waals surface area (Å²) in [6, 6.07) is 0. The van der Waals surface area contributed by atoms with E-state index < -0.39 is 5.79 Å². The molecule has 0 aromatic heterocycles. The van der Waals surface area contributed by atoms with Gasteiger partial charge in [0.25, 0.3) is 0 Å². The molecule has 12 atom stereocenters. The summed E-state index contributed by atoms with van der Waals surface area (Å²) >= 11 is 0. The zero-order valence-corrected chi connectivity index (χ0v) is 19.9. The Labute approximate surface area is 187 Å². The van der Waals surface area contributed by atoms with Crippen LogP contribution >= 0.6 is 0 Å². The summed E-state index contributed by atoms with van der Waals surface area (Å²) in [5.41, 5.74) is -0.0221. The molecule has 6 fully saturated rings. The first-order valence-electron chi connectivity index (χ1n) is 13.2. The molecular weight excluding hydrogens is 388 g/mol. The largest absolute Gasteiger partial charge is 0.393 e. The first-order valence-corrected chi connectivity index (χ1v) is 13.2. The van der Waals surface area contributed by atoms with Crippen LogP contribution in [0.3, 0.4) is 0 Å². The van der Waals surface area contributed by atoms with Crippen molar-refractivity contribution in [3.63, 3.8) is 0 Å². The summed E-state index contributed by atoms with van der Waals surface area (Å²) in [7, 11) is 0. The van der Waals surface area contributed by atoms with E-state index in [1.165, 1.54) is 12.8 Å². The average molecular weight is 431 g/mol. The fourth-order valence-electron chi connectivity index (χ4n) is 9.93. The molecule has 1 spiro atoms. The van der Waals surface area contributed by atoms with Crippen LogP contribution in [0, 0.1) is 52.3 Å². The summed E-state index contributed by atoms with van der Waals surface area (Å²) in [4.78, 5) is 14.0. The highest BCUT2D eigenvalue weighted by Crippen LogP contribution is 2.70. The van der Waals surface area contributed by atoms with E-state index in [2.05, 4.69) is 27.7 Å². The van der Waals surface area contributed by atoms with Crippen molar-refractivity contribution in [2.75, 3.05) is 6.61 Å². The topological polar surface area (TPSA) is 55.8 Å². The van der Waals surface area contributed by atoms with E-state index in [0.717, 1.165) is 51.6 Å². The van der Waals surface area contributed by atoms with Gasteiger partial charge < -0.3 is 14.6 Å². The number of Topliss-reactive ketones (excluding diaryl/α,β-unsaturated/α-hetero) is 1. The third kappa shape index (κ3) is 2.68. The van der Waals surface area contributed by atoms with Crippen molar-refractivity contribution >= 4 is 5.78 Å². The van der Waals surface area contributed by atoms with Gasteiger partial charge in [-0.25, -0.2) is 0 Å². The highest BCUT2D eigenvalue weighted by molar-refractivity contribution is 5.87. The molecule has 0 aromatic rings. The van der Waals surface area contributed by atoms with Crippen LogP contribution in [0.2, 0.25) is 0 Å². The molecule has 4 heteroatoms. The lowest BCUT2D eigenvalue weighted by atomic mass is 9.44. The molecule has 1 N–H and O–H groups in total. The Morgan fingerprint density at radius 3 is 2.55 bits per heavy atom. The molecule has 174 valence electrons. The van der Waals surface area contributed by atoms with Gasteiger partial charge in [-0.1, -0.05) is 27.7 Å². The molecule has 4 saturated carbocycles. The second kappa shape index (κ2) is 6.79. The van der Waals surface area contributed by atoms with Crippen molar-refractivity contribution in [2.45, 2.75) is 103 Å². The minimum Gasteiger partial charge on any atom is -0.393 e. The van der Waals surface area contributed by atoms with Gasteiger partial charge in [-0.05, 0) is 80.0 Å². The summed E-state index contributed by atoms with van der Waals surface area (Å²) in [5.74, 6) is 3.45. The number of fused-ring (bicyclic) bond motifs is 7. The van der Waals surface area contributed by atoms with Crippen molar-refractivity contribution < 1.29 is 19.4 Å². The Morgan fingerprint density at radius 1 is 1.00 bits per heavy atom. The van der Waals surface area contributed by atoms with Crippen LogP contribution in [0.25, 0.3) is 0 Å². The van der Waals surface area contributed by atoms with Gasteiger partial charge in [0.1, 0.15) is 5.78 Å². The zero-order chi connectivity index (χ0) is 21.8. The van der Waals surface area contributed by atoms with Crippen LogP contribution in [-0.4, -0.2) is 35.5 Å². The number of carbonyl (C=O) groups is 1. The third-order valence-electron chi connectivity index (χ3n) is 11.8. The number of ketones is 1. The number of aliphatic hydroxyl groups is 1. The molecule has 2 heterocycles. The lowest BCUT2D eigenvalue weighted by Crippen LogP contribution is -2.58. The molecule has 2 saturated heterocycles. The monoisotopic (exact) mass is 430 g/mol. The number of aliphatic hydroxyl groups excluding tert-OH is 1. The van der Waals surface area contributed by atoms with E-state index in [4.69, 9.17) is 9.47 Å². The van der Waals surface area contributed by atoms with Gasteiger partial charge in [-0.2, -0.15) is 0 Å². The third-order valence-corrected chi connectivity index (χ3v) is 11.8. The molecule has 4 aliphatic carbocycles. The van der Waals surface area contributed by atoms with Gasteiger partial charge in [0, 0.05) is 30.1 Å². The normalized spacial score (nSPS) is 60.9. The quantitative estimate of drug-likeness (QED) is 0.589. The van der Waals surface area contributed by atoms with Gasteiger partial charge >= 0.3 is 0 Å². The minimum absolute atomic E-state index is 0.131. The minimum atomic E-state index is -0.448. The Bertz CT molecular complexity index is 756. The summed E-state index contributed by atoms with van der Waals surface area (Å²) in [6.45, 7) is 10.1. The first-order chi connectivity index (χ1) is 14.7. The molecule has 31 heavy (non-hydrogen) atoms. The van der Waals surface area contributed by atoms with Crippen LogP contribution in [0.1, 0.15) is 85.5 Å². The molecule has 0 radical (unpaired) electrons. The summed E-state index contributed by atoms with van der Waals surface area (Å²) in [5, 5.41) is 10.3. The second-order valence-corrected chi connectivity index (χ2v) is 13.0. The highest BCUT2D eigenvalue weighted by Gasteiger charge is 2.71. The second-order valence-electron chi connectivity index (χ2n) is 13.0. The molecule has 0 aromatic carbocycles. The fourth-order valence-corrected chi connectivity index (χ4v) is 9.93. The summed E-state index contributed by atoms with van der Waals surface area (Å²) in [6.07, 6.45) is 9.39. The molecular formula is C27H42O4. The Morgan fingerprint density at radius 2 is 1.81 bits per heavy atom. The summed E-state index contributed by atoms with van der Waals surface area (Å²) < 4.78 is 13.2. The number of hydrogen-bond donors (Lipinski definition) is 1. The molecule has 6 aliphatic rings. The van der Waals surface area contributed by atoms with Crippen molar-refractivity contribution in [3.8, 4) is 0 Å². The van der Waals surface area contributed by atoms with E-state index in [9.17, 15) is 9.90 Å². The van der Waals surface area contributed by atoms with Gasteiger partial charge in [0.15, 0.2) is 5.79 Å². The average Bonchev–Trinajstić information content (AvgIpc) is 3.18. The lowest BCUT2D eigenvalue weighted by Gasteiger charge is -2.60. The lowest BCUT2D eigenvalue weighted by molar-refractivity contribution is -0.272. The molecule has 2 aliphatic heterocycles. The number of rotatable bonds is 0. The van der Waals surface area contributed by atoms with E-state index in [1.807, 2.05) is 0 Å².